The summed E-state index contributed by atoms with van der Waals surface area (Å²) in [6, 6.07) is 3.91. The fraction of sp³-hybridized carbons (Fsp3) is 1.00. The van der Waals surface area contributed by atoms with Gasteiger partial charge in [-0.05, 0) is 153 Å². The van der Waals surface area contributed by atoms with Gasteiger partial charge in [-0.1, -0.05) is 13.3 Å². The number of hydrogen-bond acceptors (Lipinski definition) is 9. The summed E-state index contributed by atoms with van der Waals surface area (Å²) in [7, 11) is 13.1. The highest BCUT2D eigenvalue weighted by molar-refractivity contribution is 7.99. The average molecular weight is 703 g/mol. The van der Waals surface area contributed by atoms with E-state index in [1.54, 1.807) is 0 Å². The smallest absolute Gasteiger partial charge is 0.0619 e. The molecule has 47 heavy (non-hydrogen) atoms. The van der Waals surface area contributed by atoms with Crippen LogP contribution in [-0.4, -0.2) is 178 Å². The molecule has 0 N–H and O–H groups in total. The normalized spacial score (nSPS) is 33.2. The lowest BCUT2D eigenvalue weighted by Crippen LogP contribution is -2.40. The lowest BCUT2D eigenvalue weighted by Gasteiger charge is -2.29. The Bertz CT molecular complexity index is 602. The molecule has 0 bridgehead atoms. The molecule has 0 aromatic carbocycles. The van der Waals surface area contributed by atoms with E-state index in [4.69, 9.17) is 4.74 Å². The van der Waals surface area contributed by atoms with Gasteiger partial charge in [-0.15, -0.1) is 11.8 Å². The molecular weight excluding hydrogens is 621 g/mol. The van der Waals surface area contributed by atoms with Crippen LogP contribution >= 0.6 is 23.5 Å². The maximum atomic E-state index is 5.21. The number of likely N-dealkylation sites (tertiary alicyclic amines) is 3. The molecule has 6 atom stereocenters. The topological polar surface area (TPSA) is 28.7 Å². The highest BCUT2D eigenvalue weighted by Crippen LogP contribution is 2.17. The Kier molecular flexibility index (Phi) is 26.2. The van der Waals surface area contributed by atoms with E-state index in [1.807, 2.05) is 11.8 Å². The van der Waals surface area contributed by atoms with Crippen molar-refractivity contribution in [3.8, 4) is 0 Å². The first-order valence-electron chi connectivity index (χ1n) is 19.2. The molecule has 6 fully saturated rings. The number of morpholine rings is 1. The molecule has 0 saturated carbocycles. The first kappa shape index (κ1) is 45.4. The van der Waals surface area contributed by atoms with E-state index in [-0.39, 0.29) is 0 Å². The molecule has 6 rings (SSSR count). The fourth-order valence-corrected chi connectivity index (χ4v) is 8.53. The van der Waals surface area contributed by atoms with Crippen LogP contribution in [0.1, 0.15) is 92.9 Å². The highest BCUT2D eigenvalue weighted by Gasteiger charge is 2.16. The van der Waals surface area contributed by atoms with E-state index in [0.717, 1.165) is 49.8 Å². The summed E-state index contributed by atoms with van der Waals surface area (Å²) in [5.74, 6) is 6.15. The van der Waals surface area contributed by atoms with Gasteiger partial charge < -0.3 is 24.3 Å². The second-order valence-corrected chi connectivity index (χ2v) is 17.8. The second kappa shape index (κ2) is 27.1. The van der Waals surface area contributed by atoms with E-state index >= 15 is 0 Å². The van der Waals surface area contributed by atoms with E-state index in [0.29, 0.717) is 6.04 Å². The molecule has 0 aromatic rings. The van der Waals surface area contributed by atoms with Crippen molar-refractivity contribution in [2.24, 2.45) is 5.92 Å². The van der Waals surface area contributed by atoms with Crippen molar-refractivity contribution < 1.29 is 4.74 Å². The van der Waals surface area contributed by atoms with Crippen LogP contribution in [0.15, 0.2) is 0 Å². The molecule has 6 heterocycles. The molecule has 0 aromatic heterocycles. The zero-order valence-corrected chi connectivity index (χ0v) is 35.1. The third-order valence-electron chi connectivity index (χ3n) is 11.0. The number of likely N-dealkylation sites (N-methyl/N-ethyl adjacent to an activating group) is 1. The minimum Gasteiger partial charge on any atom is -0.379 e. The number of piperidine rings is 2. The summed E-state index contributed by atoms with van der Waals surface area (Å²) in [5, 5.41) is 0. The zero-order chi connectivity index (χ0) is 35.2. The molecule has 6 saturated heterocycles. The van der Waals surface area contributed by atoms with Gasteiger partial charge in [0.05, 0.1) is 13.2 Å². The second-order valence-electron chi connectivity index (χ2n) is 15.5. The van der Waals surface area contributed by atoms with Crippen molar-refractivity contribution in [2.45, 2.75) is 123 Å². The van der Waals surface area contributed by atoms with Gasteiger partial charge in [0.2, 0.25) is 0 Å². The van der Waals surface area contributed by atoms with Crippen LogP contribution in [0.4, 0.5) is 0 Å². The lowest BCUT2D eigenvalue weighted by molar-refractivity contribution is 0.0131. The lowest BCUT2D eigenvalue weighted by atomic mass is 10.0. The monoisotopic (exact) mass is 703 g/mol. The largest absolute Gasteiger partial charge is 0.379 e. The predicted molar refractivity (Wildman–Crippen MR) is 215 cm³/mol. The SMILES string of the molecule is CC1CCCCN1C.CC1CCCN(C)C1.CC1CCCN1C.CC1CCSCN1C.CC1COCCN1C.CC1CSCCN1C. The molecule has 0 radical (unpaired) electrons. The molecule has 6 aliphatic heterocycles. The fourth-order valence-electron chi connectivity index (χ4n) is 6.17. The Morgan fingerprint density at radius 2 is 1.06 bits per heavy atom. The summed E-state index contributed by atoms with van der Waals surface area (Å²) >= 11 is 4.10. The molecular formula is C38H82N6OS2. The molecule has 0 aliphatic carbocycles. The van der Waals surface area contributed by atoms with Gasteiger partial charge in [-0.2, -0.15) is 11.8 Å². The average Bonchev–Trinajstić information content (AvgIpc) is 3.42. The van der Waals surface area contributed by atoms with Crippen molar-refractivity contribution in [3.63, 3.8) is 0 Å². The van der Waals surface area contributed by atoms with Crippen molar-refractivity contribution in [1.82, 2.24) is 29.4 Å². The van der Waals surface area contributed by atoms with Crippen LogP contribution in [0.3, 0.4) is 0 Å². The first-order chi connectivity index (χ1) is 22.3. The summed E-state index contributed by atoms with van der Waals surface area (Å²) in [6.45, 7) is 23.1. The molecule has 0 amide bonds. The van der Waals surface area contributed by atoms with Crippen molar-refractivity contribution >= 4 is 23.5 Å². The zero-order valence-electron chi connectivity index (χ0n) is 33.5. The van der Waals surface area contributed by atoms with Gasteiger partial charge in [-0.25, -0.2) is 0 Å². The quantitative estimate of drug-likeness (QED) is 0.273. The van der Waals surface area contributed by atoms with Crippen molar-refractivity contribution in [3.05, 3.63) is 0 Å². The molecule has 9 heteroatoms. The maximum absolute atomic E-state index is 5.21. The van der Waals surface area contributed by atoms with E-state index in [2.05, 4.69) is 125 Å². The van der Waals surface area contributed by atoms with Gasteiger partial charge in [0.1, 0.15) is 0 Å². The van der Waals surface area contributed by atoms with Gasteiger partial charge in [0.25, 0.3) is 0 Å². The van der Waals surface area contributed by atoms with Gasteiger partial charge in [-0.3, -0.25) is 9.80 Å². The van der Waals surface area contributed by atoms with Crippen LogP contribution in [0, 0.1) is 5.92 Å². The van der Waals surface area contributed by atoms with Gasteiger partial charge in [0, 0.05) is 67.2 Å². The Labute approximate surface area is 303 Å². The van der Waals surface area contributed by atoms with Crippen LogP contribution in [0.25, 0.3) is 0 Å². The van der Waals surface area contributed by atoms with E-state index in [1.165, 1.54) is 107 Å². The standard InChI is InChI=1S/2C7H15N.C6H13NO.2C6H13NS.C6H13N/c1-7-4-3-5-8(2)6-7;1-7-5-3-4-6-8(7)2;2*1-6-5-8-4-3-7(6)2;1-6-3-4-8-5-7(6)2;1-6-4-3-5-7(6)2/h2*7H,3-6H2,1-2H3;3*6H,3-5H2,1-2H3;6H,3-5H2,1-2H3. The third-order valence-corrected chi connectivity index (χ3v) is 13.3. The summed E-state index contributed by atoms with van der Waals surface area (Å²) in [4.78, 5) is 14.4. The van der Waals surface area contributed by atoms with Crippen molar-refractivity contribution in [1.29, 1.82) is 0 Å². The molecule has 6 aliphatic rings. The Hall–Kier alpha value is 0.420. The van der Waals surface area contributed by atoms with E-state index in [9.17, 15) is 0 Å². The minimum atomic E-state index is 0.615. The van der Waals surface area contributed by atoms with Crippen molar-refractivity contribution in [2.75, 3.05) is 118 Å². The summed E-state index contributed by atoms with van der Waals surface area (Å²) in [6.07, 6.45) is 11.2. The predicted octanol–water partition coefficient (Wildman–Crippen LogP) is 6.73. The summed E-state index contributed by atoms with van der Waals surface area (Å²) < 4.78 is 5.21. The Balaban J connectivity index is 0.000000282. The minimum absolute atomic E-state index is 0.615. The van der Waals surface area contributed by atoms with Crippen LogP contribution in [0.2, 0.25) is 0 Å². The molecule has 0 spiro atoms. The summed E-state index contributed by atoms with van der Waals surface area (Å²) in [5.41, 5.74) is 0. The highest BCUT2D eigenvalue weighted by atomic mass is 32.2. The third kappa shape index (κ3) is 22.1. The molecule has 282 valence electrons. The number of hydrogen-bond donors (Lipinski definition) is 0. The van der Waals surface area contributed by atoms with Gasteiger partial charge in [0.15, 0.2) is 0 Å². The van der Waals surface area contributed by atoms with Crippen LogP contribution in [0.5, 0.6) is 0 Å². The van der Waals surface area contributed by atoms with Crippen LogP contribution in [-0.2, 0) is 4.74 Å². The maximum Gasteiger partial charge on any atom is 0.0619 e. The number of thioether (sulfide) groups is 2. The number of rotatable bonds is 0. The number of nitrogens with zero attached hydrogens (tertiary/aromatic N) is 6. The first-order valence-corrected chi connectivity index (χ1v) is 21.6. The Morgan fingerprint density at radius 3 is 1.40 bits per heavy atom. The van der Waals surface area contributed by atoms with E-state index < -0.39 is 0 Å². The molecule has 6 unspecified atom stereocenters. The van der Waals surface area contributed by atoms with Gasteiger partial charge >= 0.3 is 0 Å². The molecule has 7 nitrogen and oxygen atoms in total. The Morgan fingerprint density at radius 1 is 0.489 bits per heavy atom. The number of ether oxygens (including phenoxy) is 1. The van der Waals surface area contributed by atoms with Crippen LogP contribution < -0.4 is 0 Å².